The highest BCUT2D eigenvalue weighted by molar-refractivity contribution is 6.09. The molecule has 0 aliphatic rings. The zero-order valence-corrected chi connectivity index (χ0v) is 14.5. The van der Waals surface area contributed by atoms with E-state index < -0.39 is 5.82 Å². The summed E-state index contributed by atoms with van der Waals surface area (Å²) in [5, 5.41) is 14.7. The fourth-order valence-corrected chi connectivity index (χ4v) is 2.90. The summed E-state index contributed by atoms with van der Waals surface area (Å²) in [6.07, 6.45) is 1.39. The fourth-order valence-electron chi connectivity index (χ4n) is 2.90. The van der Waals surface area contributed by atoms with Crippen LogP contribution < -0.4 is 11.1 Å². The standard InChI is InChI=1S/C17H15FN8O/c1-20-17(27)11-7-21-15(19)14-10(11)6-12(22-14)8-4-3-5-9(13(8)18)16-23-25-26(2)24-16/h3-7,22H,1-2H3,(H2,19,21)(H,20,27). The van der Waals surface area contributed by atoms with Gasteiger partial charge in [-0.05, 0) is 23.4 Å². The highest BCUT2D eigenvalue weighted by Gasteiger charge is 2.19. The molecule has 136 valence electrons. The van der Waals surface area contributed by atoms with E-state index in [2.05, 4.69) is 30.7 Å². The number of tetrazole rings is 1. The topological polar surface area (TPSA) is 127 Å². The number of nitrogen functional groups attached to an aromatic ring is 1. The number of benzene rings is 1. The third-order valence-electron chi connectivity index (χ3n) is 4.21. The quantitative estimate of drug-likeness (QED) is 0.504. The van der Waals surface area contributed by atoms with Crippen LogP contribution >= 0.6 is 0 Å². The van der Waals surface area contributed by atoms with E-state index in [-0.39, 0.29) is 23.1 Å². The van der Waals surface area contributed by atoms with E-state index in [0.29, 0.717) is 27.7 Å². The average Bonchev–Trinajstić information content (AvgIpc) is 3.29. The van der Waals surface area contributed by atoms with Gasteiger partial charge < -0.3 is 16.0 Å². The van der Waals surface area contributed by atoms with Crippen molar-refractivity contribution in [3.63, 3.8) is 0 Å². The van der Waals surface area contributed by atoms with E-state index in [0.717, 1.165) is 0 Å². The van der Waals surface area contributed by atoms with Crippen molar-refractivity contribution in [2.24, 2.45) is 7.05 Å². The second-order valence-corrected chi connectivity index (χ2v) is 5.88. The molecule has 3 aromatic heterocycles. The minimum atomic E-state index is -0.509. The van der Waals surface area contributed by atoms with Gasteiger partial charge in [-0.3, -0.25) is 4.79 Å². The van der Waals surface area contributed by atoms with Crippen molar-refractivity contribution in [1.29, 1.82) is 0 Å². The Bertz CT molecular complexity index is 1180. The SMILES string of the molecule is CNC(=O)c1cnc(N)c2[nH]c(-c3cccc(-c4nnn(C)n4)c3F)cc12. The van der Waals surface area contributed by atoms with Crippen LogP contribution in [0.15, 0.2) is 30.5 Å². The third-order valence-corrected chi connectivity index (χ3v) is 4.21. The number of nitrogens with zero attached hydrogens (tertiary/aromatic N) is 5. The molecule has 0 aliphatic carbocycles. The molecule has 1 amide bonds. The summed E-state index contributed by atoms with van der Waals surface area (Å²) < 4.78 is 15.1. The van der Waals surface area contributed by atoms with Gasteiger partial charge in [-0.1, -0.05) is 6.07 Å². The van der Waals surface area contributed by atoms with E-state index in [1.807, 2.05) is 0 Å². The van der Waals surface area contributed by atoms with Crippen LogP contribution in [0.5, 0.6) is 0 Å². The minimum Gasteiger partial charge on any atom is -0.382 e. The van der Waals surface area contributed by atoms with Crippen LogP contribution in [0.1, 0.15) is 10.4 Å². The first kappa shape index (κ1) is 16.6. The van der Waals surface area contributed by atoms with Gasteiger partial charge in [-0.2, -0.15) is 4.80 Å². The molecule has 27 heavy (non-hydrogen) atoms. The number of aromatic amines is 1. The van der Waals surface area contributed by atoms with Gasteiger partial charge in [0.15, 0.2) is 0 Å². The van der Waals surface area contributed by atoms with Gasteiger partial charge >= 0.3 is 0 Å². The smallest absolute Gasteiger partial charge is 0.253 e. The van der Waals surface area contributed by atoms with E-state index in [4.69, 9.17) is 5.73 Å². The van der Waals surface area contributed by atoms with Gasteiger partial charge in [0, 0.05) is 29.9 Å². The van der Waals surface area contributed by atoms with Gasteiger partial charge in [0.2, 0.25) is 5.82 Å². The van der Waals surface area contributed by atoms with Crippen LogP contribution in [-0.2, 0) is 7.05 Å². The second kappa shape index (κ2) is 6.16. The third kappa shape index (κ3) is 2.67. The Morgan fingerprint density at radius 3 is 2.81 bits per heavy atom. The Kier molecular flexibility index (Phi) is 3.80. The Hall–Kier alpha value is -3.82. The molecule has 0 unspecified atom stereocenters. The fraction of sp³-hybridized carbons (Fsp3) is 0.118. The molecule has 0 bridgehead atoms. The van der Waals surface area contributed by atoms with Crippen LogP contribution in [0, 0.1) is 5.82 Å². The average molecular weight is 366 g/mol. The number of carbonyl (C=O) groups excluding carboxylic acids is 1. The number of aromatic nitrogens is 6. The number of rotatable bonds is 3. The molecule has 0 radical (unpaired) electrons. The maximum absolute atomic E-state index is 15.1. The maximum Gasteiger partial charge on any atom is 0.253 e. The Morgan fingerprint density at radius 1 is 1.33 bits per heavy atom. The predicted molar refractivity (Wildman–Crippen MR) is 97.1 cm³/mol. The van der Waals surface area contributed by atoms with Crippen LogP contribution in [0.4, 0.5) is 10.2 Å². The lowest BCUT2D eigenvalue weighted by atomic mass is 10.1. The Balaban J connectivity index is 1.91. The summed E-state index contributed by atoms with van der Waals surface area (Å²) >= 11 is 0. The number of fused-ring (bicyclic) bond motifs is 1. The van der Waals surface area contributed by atoms with Gasteiger partial charge in [-0.15, -0.1) is 10.2 Å². The van der Waals surface area contributed by atoms with Gasteiger partial charge in [0.05, 0.1) is 23.7 Å². The molecule has 4 aromatic rings. The Morgan fingerprint density at radius 2 is 2.11 bits per heavy atom. The van der Waals surface area contributed by atoms with Crippen LogP contribution in [0.2, 0.25) is 0 Å². The van der Waals surface area contributed by atoms with Crippen molar-refractivity contribution >= 4 is 22.6 Å². The van der Waals surface area contributed by atoms with Crippen molar-refractivity contribution in [3.05, 3.63) is 41.8 Å². The zero-order chi connectivity index (χ0) is 19.1. The molecule has 1 aromatic carbocycles. The van der Waals surface area contributed by atoms with Crippen molar-refractivity contribution in [3.8, 4) is 22.6 Å². The number of nitrogens with one attached hydrogen (secondary N) is 2. The molecule has 3 heterocycles. The first-order chi connectivity index (χ1) is 13.0. The first-order valence-corrected chi connectivity index (χ1v) is 8.02. The molecule has 0 spiro atoms. The lowest BCUT2D eigenvalue weighted by Gasteiger charge is -2.04. The van der Waals surface area contributed by atoms with Crippen LogP contribution in [-0.4, -0.2) is 43.1 Å². The molecule has 4 N–H and O–H groups in total. The number of amides is 1. The highest BCUT2D eigenvalue weighted by atomic mass is 19.1. The van der Waals surface area contributed by atoms with Crippen molar-refractivity contribution in [1.82, 2.24) is 35.5 Å². The largest absolute Gasteiger partial charge is 0.382 e. The van der Waals surface area contributed by atoms with Crippen molar-refractivity contribution < 1.29 is 9.18 Å². The summed E-state index contributed by atoms with van der Waals surface area (Å²) in [6, 6.07) is 6.55. The van der Waals surface area contributed by atoms with Crippen LogP contribution in [0.3, 0.4) is 0 Å². The Labute approximate surface area is 152 Å². The summed E-state index contributed by atoms with van der Waals surface area (Å²) in [6.45, 7) is 0. The number of H-pyrrole nitrogens is 1. The molecular weight excluding hydrogens is 351 g/mol. The van der Waals surface area contributed by atoms with Gasteiger partial charge in [0.1, 0.15) is 11.6 Å². The highest BCUT2D eigenvalue weighted by Crippen LogP contribution is 2.33. The number of hydrogen-bond donors (Lipinski definition) is 3. The van der Waals surface area contributed by atoms with E-state index >= 15 is 4.39 Å². The molecule has 10 heteroatoms. The lowest BCUT2D eigenvalue weighted by molar-refractivity contribution is 0.0964. The second-order valence-electron chi connectivity index (χ2n) is 5.88. The molecule has 0 aliphatic heterocycles. The number of halogens is 1. The summed E-state index contributed by atoms with van der Waals surface area (Å²) in [7, 11) is 3.13. The van der Waals surface area contributed by atoms with Gasteiger partial charge in [0.25, 0.3) is 5.91 Å². The first-order valence-electron chi connectivity index (χ1n) is 8.02. The summed E-state index contributed by atoms with van der Waals surface area (Å²) in [5.41, 5.74) is 7.70. The van der Waals surface area contributed by atoms with E-state index in [1.165, 1.54) is 18.0 Å². The zero-order valence-electron chi connectivity index (χ0n) is 14.5. The normalized spacial score (nSPS) is 11.1. The molecule has 0 atom stereocenters. The van der Waals surface area contributed by atoms with Gasteiger partial charge in [-0.25, -0.2) is 9.37 Å². The number of pyridine rings is 1. The monoisotopic (exact) mass is 366 g/mol. The molecule has 0 saturated heterocycles. The molecule has 0 fully saturated rings. The predicted octanol–water partition coefficient (Wildman–Crippen LogP) is 1.50. The number of aryl methyl sites for hydroxylation is 1. The number of anilines is 1. The molecular formula is C17H15FN8O. The van der Waals surface area contributed by atoms with E-state index in [9.17, 15) is 4.79 Å². The van der Waals surface area contributed by atoms with Crippen LogP contribution in [0.25, 0.3) is 33.5 Å². The lowest BCUT2D eigenvalue weighted by Crippen LogP contribution is -2.18. The summed E-state index contributed by atoms with van der Waals surface area (Å²) in [5.74, 6) is -0.419. The molecule has 9 nitrogen and oxygen atoms in total. The van der Waals surface area contributed by atoms with Crippen molar-refractivity contribution in [2.45, 2.75) is 0 Å². The number of carbonyl (C=O) groups is 1. The molecule has 0 saturated carbocycles. The minimum absolute atomic E-state index is 0.181. The number of nitrogens with two attached hydrogens (primary N) is 1. The maximum atomic E-state index is 15.1. The molecule has 4 rings (SSSR count). The number of hydrogen-bond acceptors (Lipinski definition) is 6. The van der Waals surface area contributed by atoms with E-state index in [1.54, 1.807) is 31.3 Å². The summed E-state index contributed by atoms with van der Waals surface area (Å²) in [4.78, 5) is 20.4. The van der Waals surface area contributed by atoms with Crippen molar-refractivity contribution in [2.75, 3.05) is 12.8 Å².